The second-order valence-electron chi connectivity index (χ2n) is 7.24. The lowest BCUT2D eigenvalue weighted by Gasteiger charge is -2.21. The van der Waals surface area contributed by atoms with Gasteiger partial charge in [-0.05, 0) is 43.9 Å². The highest BCUT2D eigenvalue weighted by atomic mass is 16.1. The summed E-state index contributed by atoms with van der Waals surface area (Å²) in [4.78, 5) is 12.4. The lowest BCUT2D eigenvalue weighted by atomic mass is 10.1. The zero-order valence-electron chi connectivity index (χ0n) is 14.5. The van der Waals surface area contributed by atoms with Crippen molar-refractivity contribution in [3.63, 3.8) is 0 Å². The second kappa shape index (κ2) is 6.52. The van der Waals surface area contributed by atoms with Gasteiger partial charge < -0.3 is 9.88 Å². The SMILES string of the molecule is CC(C)(C)NC(=O)Cc1cc2ccccc2n1Cc1ccccc1. The van der Waals surface area contributed by atoms with Gasteiger partial charge in [0.1, 0.15) is 0 Å². The number of benzene rings is 2. The number of nitrogens with zero attached hydrogens (tertiary/aromatic N) is 1. The van der Waals surface area contributed by atoms with Crippen molar-refractivity contribution in [2.24, 2.45) is 0 Å². The molecule has 0 fully saturated rings. The van der Waals surface area contributed by atoms with Crippen LogP contribution in [0.2, 0.25) is 0 Å². The Bertz CT molecular complexity index is 841. The highest BCUT2D eigenvalue weighted by Gasteiger charge is 2.17. The molecule has 124 valence electrons. The quantitative estimate of drug-likeness (QED) is 0.770. The Morgan fingerprint density at radius 3 is 2.38 bits per heavy atom. The molecule has 1 heterocycles. The third kappa shape index (κ3) is 3.85. The number of rotatable bonds is 4. The molecule has 0 atom stereocenters. The molecule has 1 N–H and O–H groups in total. The van der Waals surface area contributed by atoms with E-state index < -0.39 is 0 Å². The highest BCUT2D eigenvalue weighted by molar-refractivity contribution is 5.85. The summed E-state index contributed by atoms with van der Waals surface area (Å²) in [6, 6.07) is 20.8. The molecule has 3 aromatic rings. The van der Waals surface area contributed by atoms with Crippen LogP contribution in [0.1, 0.15) is 32.0 Å². The van der Waals surface area contributed by atoms with Gasteiger partial charge in [0.05, 0.1) is 6.42 Å². The number of hydrogen-bond acceptors (Lipinski definition) is 1. The Kier molecular flexibility index (Phi) is 4.43. The lowest BCUT2D eigenvalue weighted by Crippen LogP contribution is -2.41. The summed E-state index contributed by atoms with van der Waals surface area (Å²) in [5, 5.41) is 4.22. The van der Waals surface area contributed by atoms with Crippen molar-refractivity contribution in [3.8, 4) is 0 Å². The number of nitrogens with one attached hydrogen (secondary N) is 1. The Hall–Kier alpha value is -2.55. The molecule has 1 amide bonds. The minimum atomic E-state index is -0.215. The molecule has 2 aromatic carbocycles. The molecule has 3 rings (SSSR count). The second-order valence-corrected chi connectivity index (χ2v) is 7.24. The zero-order valence-corrected chi connectivity index (χ0v) is 14.5. The molecule has 0 aliphatic rings. The first-order chi connectivity index (χ1) is 11.4. The molecule has 0 spiro atoms. The van der Waals surface area contributed by atoms with Crippen molar-refractivity contribution in [3.05, 3.63) is 71.9 Å². The van der Waals surface area contributed by atoms with Crippen LogP contribution in [0.5, 0.6) is 0 Å². The number of aromatic nitrogens is 1. The van der Waals surface area contributed by atoms with Crippen molar-refractivity contribution < 1.29 is 4.79 Å². The van der Waals surface area contributed by atoms with Crippen molar-refractivity contribution in [2.45, 2.75) is 39.3 Å². The molecule has 24 heavy (non-hydrogen) atoms. The Labute approximate surface area is 143 Å². The average molecular weight is 320 g/mol. The van der Waals surface area contributed by atoms with E-state index in [1.165, 1.54) is 16.5 Å². The van der Waals surface area contributed by atoms with Gasteiger partial charge in [0.25, 0.3) is 0 Å². The fourth-order valence-electron chi connectivity index (χ4n) is 2.99. The van der Waals surface area contributed by atoms with Crippen LogP contribution < -0.4 is 5.32 Å². The Morgan fingerprint density at radius 1 is 1.00 bits per heavy atom. The molecule has 0 unspecified atom stereocenters. The van der Waals surface area contributed by atoms with E-state index in [0.717, 1.165) is 12.2 Å². The predicted octanol–water partition coefficient (Wildman–Crippen LogP) is 4.15. The van der Waals surface area contributed by atoms with E-state index in [9.17, 15) is 4.79 Å². The maximum atomic E-state index is 12.4. The van der Waals surface area contributed by atoms with E-state index in [1.807, 2.05) is 51.1 Å². The van der Waals surface area contributed by atoms with Gasteiger partial charge >= 0.3 is 0 Å². The largest absolute Gasteiger partial charge is 0.351 e. The third-order valence-electron chi connectivity index (χ3n) is 3.94. The van der Waals surface area contributed by atoms with Gasteiger partial charge in [-0.3, -0.25) is 4.79 Å². The molecule has 0 saturated carbocycles. The summed E-state index contributed by atoms with van der Waals surface area (Å²) < 4.78 is 2.24. The van der Waals surface area contributed by atoms with Gasteiger partial charge in [-0.2, -0.15) is 0 Å². The number of carbonyl (C=O) groups is 1. The fourth-order valence-corrected chi connectivity index (χ4v) is 2.99. The van der Waals surface area contributed by atoms with Gasteiger partial charge in [-0.1, -0.05) is 48.5 Å². The first kappa shape index (κ1) is 16.3. The van der Waals surface area contributed by atoms with Crippen molar-refractivity contribution in [1.29, 1.82) is 0 Å². The van der Waals surface area contributed by atoms with Crippen LogP contribution in [0.15, 0.2) is 60.7 Å². The van der Waals surface area contributed by atoms with Crippen LogP contribution in [0.3, 0.4) is 0 Å². The van der Waals surface area contributed by atoms with Crippen LogP contribution in [0, 0.1) is 0 Å². The summed E-state index contributed by atoms with van der Waals surface area (Å²) in [6.07, 6.45) is 0.388. The van der Waals surface area contributed by atoms with Crippen molar-refractivity contribution >= 4 is 16.8 Å². The van der Waals surface area contributed by atoms with Crippen LogP contribution in [-0.2, 0) is 17.8 Å². The fraction of sp³-hybridized carbons (Fsp3) is 0.286. The molecule has 0 aliphatic heterocycles. The molecule has 0 aliphatic carbocycles. The number of carbonyl (C=O) groups excluding carboxylic acids is 1. The Balaban J connectivity index is 1.94. The van der Waals surface area contributed by atoms with E-state index in [4.69, 9.17) is 0 Å². The lowest BCUT2D eigenvalue weighted by molar-refractivity contribution is -0.121. The number of fused-ring (bicyclic) bond motifs is 1. The van der Waals surface area contributed by atoms with Crippen molar-refractivity contribution in [1.82, 2.24) is 9.88 Å². The molecular weight excluding hydrogens is 296 g/mol. The number of para-hydroxylation sites is 1. The summed E-state index contributed by atoms with van der Waals surface area (Å²) in [7, 11) is 0. The average Bonchev–Trinajstić information content (AvgIpc) is 2.84. The van der Waals surface area contributed by atoms with Gasteiger partial charge in [0.15, 0.2) is 0 Å². The van der Waals surface area contributed by atoms with E-state index in [2.05, 4.69) is 40.2 Å². The van der Waals surface area contributed by atoms with Crippen LogP contribution in [0.25, 0.3) is 10.9 Å². The molecule has 1 aromatic heterocycles. The molecular formula is C21H24N2O. The van der Waals surface area contributed by atoms with E-state index >= 15 is 0 Å². The normalized spacial score (nSPS) is 11.6. The molecule has 0 saturated heterocycles. The van der Waals surface area contributed by atoms with Crippen molar-refractivity contribution in [2.75, 3.05) is 0 Å². The van der Waals surface area contributed by atoms with Crippen LogP contribution in [-0.4, -0.2) is 16.0 Å². The van der Waals surface area contributed by atoms with E-state index in [-0.39, 0.29) is 11.4 Å². The standard InChI is InChI=1S/C21H24N2O/c1-21(2,3)22-20(24)14-18-13-17-11-7-8-12-19(17)23(18)15-16-9-5-4-6-10-16/h4-13H,14-15H2,1-3H3,(H,22,24). The summed E-state index contributed by atoms with van der Waals surface area (Å²) in [5.41, 5.74) is 3.23. The van der Waals surface area contributed by atoms with Crippen LogP contribution in [0.4, 0.5) is 0 Å². The third-order valence-corrected chi connectivity index (χ3v) is 3.94. The van der Waals surface area contributed by atoms with Gasteiger partial charge in [0, 0.05) is 23.3 Å². The monoisotopic (exact) mass is 320 g/mol. The first-order valence-electron chi connectivity index (χ1n) is 8.34. The predicted molar refractivity (Wildman–Crippen MR) is 99.1 cm³/mol. The molecule has 3 nitrogen and oxygen atoms in total. The van der Waals surface area contributed by atoms with E-state index in [1.54, 1.807) is 0 Å². The van der Waals surface area contributed by atoms with Gasteiger partial charge in [0.2, 0.25) is 5.91 Å². The minimum Gasteiger partial charge on any atom is -0.351 e. The smallest absolute Gasteiger partial charge is 0.226 e. The highest BCUT2D eigenvalue weighted by Crippen LogP contribution is 2.22. The zero-order chi connectivity index (χ0) is 17.2. The summed E-state index contributed by atoms with van der Waals surface area (Å²) in [6.45, 7) is 6.78. The number of hydrogen-bond donors (Lipinski definition) is 1. The van der Waals surface area contributed by atoms with Crippen LogP contribution >= 0.6 is 0 Å². The van der Waals surface area contributed by atoms with E-state index in [0.29, 0.717) is 6.42 Å². The molecule has 3 heteroatoms. The maximum absolute atomic E-state index is 12.4. The summed E-state index contributed by atoms with van der Waals surface area (Å²) in [5.74, 6) is 0.0552. The topological polar surface area (TPSA) is 34.0 Å². The first-order valence-corrected chi connectivity index (χ1v) is 8.34. The molecule has 0 bridgehead atoms. The van der Waals surface area contributed by atoms with Gasteiger partial charge in [-0.15, -0.1) is 0 Å². The van der Waals surface area contributed by atoms with Gasteiger partial charge in [-0.25, -0.2) is 0 Å². The minimum absolute atomic E-state index is 0.0552. The molecule has 0 radical (unpaired) electrons. The number of amides is 1. The maximum Gasteiger partial charge on any atom is 0.226 e. The Morgan fingerprint density at radius 2 is 1.67 bits per heavy atom. The summed E-state index contributed by atoms with van der Waals surface area (Å²) >= 11 is 0.